The zero-order valence-corrected chi connectivity index (χ0v) is 11.3. The molecule has 1 N–H and O–H groups in total. The molecule has 1 heterocycles. The second-order valence-corrected chi connectivity index (χ2v) is 4.88. The highest BCUT2D eigenvalue weighted by atomic mass is 19.4. The Kier molecular flexibility index (Phi) is 3.43. The van der Waals surface area contributed by atoms with Crippen molar-refractivity contribution in [2.24, 2.45) is 0 Å². The van der Waals surface area contributed by atoms with Gasteiger partial charge in [0.15, 0.2) is 11.6 Å². The first-order chi connectivity index (χ1) is 10.8. The van der Waals surface area contributed by atoms with Crippen LogP contribution in [-0.2, 0) is 11.0 Å². The first-order valence-electron chi connectivity index (χ1n) is 6.46. The molecular weight excluding hydrogens is 317 g/mol. The Morgan fingerprint density at radius 2 is 1.70 bits per heavy atom. The van der Waals surface area contributed by atoms with Gasteiger partial charge < -0.3 is 5.32 Å². The van der Waals surface area contributed by atoms with Crippen LogP contribution in [0.3, 0.4) is 0 Å². The van der Waals surface area contributed by atoms with Crippen molar-refractivity contribution in [1.82, 2.24) is 0 Å². The Hall–Kier alpha value is -2.70. The van der Waals surface area contributed by atoms with Gasteiger partial charge in [-0.2, -0.15) is 13.2 Å². The first kappa shape index (κ1) is 15.2. The number of benzene rings is 2. The van der Waals surface area contributed by atoms with E-state index in [0.29, 0.717) is 0 Å². The van der Waals surface area contributed by atoms with E-state index in [1.54, 1.807) is 0 Å². The number of carbonyl (C=O) groups is 1. The molecule has 1 aliphatic heterocycles. The molecule has 0 unspecified atom stereocenters. The Morgan fingerprint density at radius 3 is 2.39 bits per heavy atom. The van der Waals surface area contributed by atoms with Gasteiger partial charge in [0.2, 0.25) is 0 Å². The lowest BCUT2D eigenvalue weighted by atomic mass is 10.00. The van der Waals surface area contributed by atoms with Crippen LogP contribution in [0.25, 0.3) is 11.6 Å². The highest BCUT2D eigenvalue weighted by Crippen LogP contribution is 2.38. The van der Waals surface area contributed by atoms with E-state index < -0.39 is 29.3 Å². The van der Waals surface area contributed by atoms with E-state index in [0.717, 1.165) is 30.3 Å². The SMILES string of the molecule is O=C1Nc2ccc(F)c(F)c2/C1=C/c1ccccc1C(F)(F)F. The molecule has 2 aromatic carbocycles. The van der Waals surface area contributed by atoms with Gasteiger partial charge in [0.25, 0.3) is 5.91 Å². The largest absolute Gasteiger partial charge is 0.416 e. The summed E-state index contributed by atoms with van der Waals surface area (Å²) in [7, 11) is 0. The van der Waals surface area contributed by atoms with E-state index in [1.165, 1.54) is 12.1 Å². The number of amides is 1. The molecule has 1 aliphatic rings. The summed E-state index contributed by atoms with van der Waals surface area (Å²) in [6, 6.07) is 6.55. The lowest BCUT2D eigenvalue weighted by Crippen LogP contribution is -2.08. The minimum atomic E-state index is -4.63. The molecule has 0 atom stereocenters. The van der Waals surface area contributed by atoms with Gasteiger partial charge in [-0.15, -0.1) is 0 Å². The van der Waals surface area contributed by atoms with E-state index in [9.17, 15) is 26.7 Å². The van der Waals surface area contributed by atoms with Gasteiger partial charge in [0.1, 0.15) is 0 Å². The Labute approximate surface area is 127 Å². The van der Waals surface area contributed by atoms with Crippen molar-refractivity contribution in [2.45, 2.75) is 6.18 Å². The molecule has 23 heavy (non-hydrogen) atoms. The molecule has 0 saturated heterocycles. The zero-order chi connectivity index (χ0) is 16.8. The molecule has 0 spiro atoms. The predicted octanol–water partition coefficient (Wildman–Crippen LogP) is 4.48. The summed E-state index contributed by atoms with van der Waals surface area (Å²) >= 11 is 0. The third-order valence-electron chi connectivity index (χ3n) is 3.42. The van der Waals surface area contributed by atoms with E-state index in [-0.39, 0.29) is 22.4 Å². The summed E-state index contributed by atoms with van der Waals surface area (Å²) in [5.74, 6) is -3.26. The maximum atomic E-state index is 13.9. The van der Waals surface area contributed by atoms with Gasteiger partial charge in [-0.25, -0.2) is 8.78 Å². The van der Waals surface area contributed by atoms with E-state index in [2.05, 4.69) is 5.32 Å². The van der Waals surface area contributed by atoms with Crippen LogP contribution in [0.4, 0.5) is 27.6 Å². The molecule has 0 radical (unpaired) electrons. The average Bonchev–Trinajstić information content (AvgIpc) is 2.79. The first-order valence-corrected chi connectivity index (χ1v) is 6.46. The quantitative estimate of drug-likeness (QED) is 0.608. The van der Waals surface area contributed by atoms with Gasteiger partial charge in [-0.1, -0.05) is 18.2 Å². The van der Waals surface area contributed by atoms with Crippen molar-refractivity contribution >= 4 is 23.2 Å². The summed E-state index contributed by atoms with van der Waals surface area (Å²) in [6.45, 7) is 0. The van der Waals surface area contributed by atoms with Crippen molar-refractivity contribution in [3.63, 3.8) is 0 Å². The van der Waals surface area contributed by atoms with Crippen LogP contribution in [0, 0.1) is 11.6 Å². The molecule has 2 aromatic rings. The standard InChI is InChI=1S/C16H8F5NO/c17-11-5-6-12-13(14(11)18)9(15(23)22-12)7-8-3-1-2-4-10(8)16(19,20)21/h1-7H,(H,22,23)/b9-7-. The highest BCUT2D eigenvalue weighted by Gasteiger charge is 2.34. The Balaban J connectivity index is 2.21. The zero-order valence-electron chi connectivity index (χ0n) is 11.3. The molecule has 118 valence electrons. The number of fused-ring (bicyclic) bond motifs is 1. The summed E-state index contributed by atoms with van der Waals surface area (Å²) < 4.78 is 66.3. The number of carbonyl (C=O) groups excluding carboxylic acids is 1. The third kappa shape index (κ3) is 2.58. The van der Waals surface area contributed by atoms with Crippen LogP contribution in [-0.4, -0.2) is 5.91 Å². The van der Waals surface area contributed by atoms with E-state index in [1.807, 2.05) is 0 Å². The summed E-state index contributed by atoms with van der Waals surface area (Å²) in [6.07, 6.45) is -3.72. The van der Waals surface area contributed by atoms with Gasteiger partial charge in [-0.05, 0) is 29.8 Å². The van der Waals surface area contributed by atoms with E-state index >= 15 is 0 Å². The normalized spacial score (nSPS) is 15.7. The van der Waals surface area contributed by atoms with Crippen LogP contribution in [0.2, 0.25) is 0 Å². The van der Waals surface area contributed by atoms with Crippen molar-refractivity contribution in [2.75, 3.05) is 5.32 Å². The molecule has 0 saturated carbocycles. The number of alkyl halides is 3. The maximum Gasteiger partial charge on any atom is 0.416 e. The van der Waals surface area contributed by atoms with Crippen LogP contribution in [0.15, 0.2) is 36.4 Å². The second kappa shape index (κ2) is 5.19. The molecule has 0 fully saturated rings. The highest BCUT2D eigenvalue weighted by molar-refractivity contribution is 6.35. The van der Waals surface area contributed by atoms with Crippen LogP contribution >= 0.6 is 0 Å². The Bertz CT molecular complexity index is 839. The molecular formula is C16H8F5NO. The molecule has 0 aromatic heterocycles. The fourth-order valence-electron chi connectivity index (χ4n) is 2.40. The molecule has 0 bridgehead atoms. The minimum absolute atomic E-state index is 0.0182. The fraction of sp³-hybridized carbons (Fsp3) is 0.0625. The number of rotatable bonds is 1. The Morgan fingerprint density at radius 1 is 1.00 bits per heavy atom. The van der Waals surface area contributed by atoms with Crippen LogP contribution in [0.1, 0.15) is 16.7 Å². The van der Waals surface area contributed by atoms with Crippen LogP contribution in [0.5, 0.6) is 0 Å². The average molecular weight is 325 g/mol. The number of nitrogens with one attached hydrogen (secondary N) is 1. The molecule has 0 aliphatic carbocycles. The number of hydrogen-bond acceptors (Lipinski definition) is 1. The number of halogens is 5. The lowest BCUT2D eigenvalue weighted by molar-refractivity contribution is -0.137. The molecule has 3 rings (SSSR count). The summed E-state index contributed by atoms with van der Waals surface area (Å²) in [5, 5.41) is 2.30. The lowest BCUT2D eigenvalue weighted by Gasteiger charge is -2.10. The predicted molar refractivity (Wildman–Crippen MR) is 74.3 cm³/mol. The van der Waals surface area contributed by atoms with Gasteiger partial charge in [0.05, 0.1) is 16.8 Å². The monoisotopic (exact) mass is 325 g/mol. The van der Waals surface area contributed by atoms with Gasteiger partial charge >= 0.3 is 6.18 Å². The second-order valence-electron chi connectivity index (χ2n) is 4.88. The minimum Gasteiger partial charge on any atom is -0.321 e. The van der Waals surface area contributed by atoms with Gasteiger partial charge in [0, 0.05) is 5.56 Å². The summed E-state index contributed by atoms with van der Waals surface area (Å²) in [5.41, 5.74) is -1.97. The molecule has 2 nitrogen and oxygen atoms in total. The number of anilines is 1. The molecule has 1 amide bonds. The smallest absolute Gasteiger partial charge is 0.321 e. The van der Waals surface area contributed by atoms with Crippen molar-refractivity contribution in [3.05, 3.63) is 64.7 Å². The van der Waals surface area contributed by atoms with Crippen molar-refractivity contribution in [3.8, 4) is 0 Å². The topological polar surface area (TPSA) is 29.1 Å². The number of hydrogen-bond donors (Lipinski definition) is 1. The van der Waals surface area contributed by atoms with Crippen LogP contribution < -0.4 is 5.32 Å². The third-order valence-corrected chi connectivity index (χ3v) is 3.42. The van der Waals surface area contributed by atoms with Crippen molar-refractivity contribution < 1.29 is 26.7 Å². The fourth-order valence-corrected chi connectivity index (χ4v) is 2.40. The van der Waals surface area contributed by atoms with Crippen molar-refractivity contribution in [1.29, 1.82) is 0 Å². The van der Waals surface area contributed by atoms with E-state index in [4.69, 9.17) is 0 Å². The maximum absolute atomic E-state index is 13.9. The molecule has 7 heteroatoms. The summed E-state index contributed by atoms with van der Waals surface area (Å²) in [4.78, 5) is 11.9. The van der Waals surface area contributed by atoms with Gasteiger partial charge in [-0.3, -0.25) is 4.79 Å².